The summed E-state index contributed by atoms with van der Waals surface area (Å²) in [5.41, 5.74) is 0.917. The molecule has 1 fully saturated rings. The molecule has 1 saturated heterocycles. The Labute approximate surface area is 121 Å². The number of carbonyl (C=O) groups is 1. The topological polar surface area (TPSA) is 51.7 Å². The van der Waals surface area contributed by atoms with Gasteiger partial charge in [-0.2, -0.15) is 0 Å². The van der Waals surface area contributed by atoms with Crippen molar-refractivity contribution in [1.29, 1.82) is 0 Å². The normalized spacial score (nSPS) is 15.6. The predicted octanol–water partition coefficient (Wildman–Crippen LogP) is 1.71. The van der Waals surface area contributed by atoms with Gasteiger partial charge < -0.3 is 14.4 Å². The van der Waals surface area contributed by atoms with E-state index in [4.69, 9.17) is 9.47 Å². The third kappa shape index (κ3) is 2.76. The number of fused-ring (bicyclic) bond motifs is 1. The van der Waals surface area contributed by atoms with Crippen molar-refractivity contribution in [2.45, 2.75) is 6.42 Å². The van der Waals surface area contributed by atoms with Gasteiger partial charge in [-0.3, -0.25) is 4.79 Å². The van der Waals surface area contributed by atoms with Crippen molar-refractivity contribution in [3.63, 3.8) is 0 Å². The molecule has 1 aromatic carbocycles. The maximum absolute atomic E-state index is 12.2. The van der Waals surface area contributed by atoms with Gasteiger partial charge in [0.25, 0.3) is 0 Å². The molecule has 0 radical (unpaired) electrons. The summed E-state index contributed by atoms with van der Waals surface area (Å²) >= 11 is 1.55. The highest BCUT2D eigenvalue weighted by molar-refractivity contribution is 7.18. The maximum atomic E-state index is 12.2. The van der Waals surface area contributed by atoms with Gasteiger partial charge >= 0.3 is 0 Å². The number of methoxy groups -OCH3 is 1. The van der Waals surface area contributed by atoms with E-state index < -0.39 is 0 Å². The van der Waals surface area contributed by atoms with E-state index in [1.165, 1.54) is 0 Å². The summed E-state index contributed by atoms with van der Waals surface area (Å²) in [5, 5.41) is 0.852. The summed E-state index contributed by atoms with van der Waals surface area (Å²) in [5.74, 6) is 0.937. The Balaban J connectivity index is 1.75. The van der Waals surface area contributed by atoms with Gasteiger partial charge in [0.05, 0.1) is 37.0 Å². The summed E-state index contributed by atoms with van der Waals surface area (Å²) in [7, 11) is 1.64. The first-order valence-electron chi connectivity index (χ1n) is 6.55. The quantitative estimate of drug-likeness (QED) is 0.864. The van der Waals surface area contributed by atoms with E-state index in [0.717, 1.165) is 21.0 Å². The van der Waals surface area contributed by atoms with Crippen molar-refractivity contribution in [3.05, 3.63) is 23.2 Å². The van der Waals surface area contributed by atoms with Crippen LogP contribution in [-0.4, -0.2) is 49.2 Å². The minimum absolute atomic E-state index is 0.124. The standard InChI is InChI=1S/C14H16N2O3S/c1-18-10-2-3-11-12(8-10)20-13(15-11)9-14(17)16-4-6-19-7-5-16/h2-3,8H,4-7,9H2,1H3. The Kier molecular flexibility index (Phi) is 3.84. The minimum atomic E-state index is 0.124. The third-order valence-electron chi connectivity index (χ3n) is 3.31. The molecule has 0 unspecified atom stereocenters. The van der Waals surface area contributed by atoms with Crippen molar-refractivity contribution in [1.82, 2.24) is 9.88 Å². The first kappa shape index (κ1) is 13.3. The molecule has 0 bridgehead atoms. The van der Waals surface area contributed by atoms with Crippen LogP contribution in [0.25, 0.3) is 10.2 Å². The smallest absolute Gasteiger partial charge is 0.229 e. The van der Waals surface area contributed by atoms with Crippen LogP contribution in [0.2, 0.25) is 0 Å². The van der Waals surface area contributed by atoms with Crippen LogP contribution in [0.5, 0.6) is 5.75 Å². The highest BCUT2D eigenvalue weighted by atomic mass is 32.1. The average Bonchev–Trinajstić information content (AvgIpc) is 2.89. The largest absolute Gasteiger partial charge is 0.497 e. The number of morpholine rings is 1. The average molecular weight is 292 g/mol. The molecule has 2 aromatic rings. The maximum Gasteiger partial charge on any atom is 0.229 e. The van der Waals surface area contributed by atoms with Crippen LogP contribution in [0.15, 0.2) is 18.2 Å². The zero-order valence-electron chi connectivity index (χ0n) is 11.3. The fourth-order valence-electron chi connectivity index (χ4n) is 2.21. The number of aromatic nitrogens is 1. The second kappa shape index (κ2) is 5.76. The zero-order valence-corrected chi connectivity index (χ0v) is 12.1. The lowest BCUT2D eigenvalue weighted by molar-refractivity contribution is -0.134. The van der Waals surface area contributed by atoms with E-state index in [1.807, 2.05) is 23.1 Å². The van der Waals surface area contributed by atoms with E-state index in [0.29, 0.717) is 32.7 Å². The van der Waals surface area contributed by atoms with E-state index in [2.05, 4.69) is 4.98 Å². The van der Waals surface area contributed by atoms with Gasteiger partial charge in [-0.1, -0.05) is 0 Å². The first-order chi connectivity index (χ1) is 9.76. The van der Waals surface area contributed by atoms with Crippen LogP contribution >= 0.6 is 11.3 Å². The highest BCUT2D eigenvalue weighted by Crippen LogP contribution is 2.26. The summed E-state index contributed by atoms with van der Waals surface area (Å²) < 4.78 is 11.5. The Hall–Kier alpha value is -1.66. The molecule has 1 amide bonds. The van der Waals surface area contributed by atoms with Crippen molar-refractivity contribution < 1.29 is 14.3 Å². The molecule has 2 heterocycles. The molecule has 3 rings (SSSR count). The molecule has 5 nitrogen and oxygen atoms in total. The monoisotopic (exact) mass is 292 g/mol. The highest BCUT2D eigenvalue weighted by Gasteiger charge is 2.18. The molecule has 1 aromatic heterocycles. The van der Waals surface area contributed by atoms with Crippen LogP contribution < -0.4 is 4.74 Å². The van der Waals surface area contributed by atoms with Crippen LogP contribution in [0.1, 0.15) is 5.01 Å². The van der Waals surface area contributed by atoms with Crippen molar-refractivity contribution in [2.75, 3.05) is 33.4 Å². The van der Waals surface area contributed by atoms with Gasteiger partial charge in [0.1, 0.15) is 10.8 Å². The van der Waals surface area contributed by atoms with E-state index in [9.17, 15) is 4.79 Å². The van der Waals surface area contributed by atoms with Crippen LogP contribution in [0.4, 0.5) is 0 Å². The second-order valence-electron chi connectivity index (χ2n) is 4.61. The van der Waals surface area contributed by atoms with Crippen molar-refractivity contribution in [2.24, 2.45) is 0 Å². The molecule has 6 heteroatoms. The number of benzene rings is 1. The van der Waals surface area contributed by atoms with Crippen molar-refractivity contribution in [3.8, 4) is 5.75 Å². The van der Waals surface area contributed by atoms with E-state index in [1.54, 1.807) is 18.4 Å². The van der Waals surface area contributed by atoms with Crippen LogP contribution in [0.3, 0.4) is 0 Å². The molecule has 1 aliphatic heterocycles. The Morgan fingerprint density at radius 3 is 3.00 bits per heavy atom. The van der Waals surface area contributed by atoms with Gasteiger partial charge in [0.15, 0.2) is 0 Å². The lowest BCUT2D eigenvalue weighted by atomic mass is 10.3. The zero-order chi connectivity index (χ0) is 13.9. The molecule has 0 aliphatic carbocycles. The fourth-order valence-corrected chi connectivity index (χ4v) is 3.20. The number of hydrogen-bond acceptors (Lipinski definition) is 5. The summed E-state index contributed by atoms with van der Waals surface area (Å²) in [4.78, 5) is 18.5. The SMILES string of the molecule is COc1ccc2nc(CC(=O)N3CCOCC3)sc2c1. The van der Waals surface area contributed by atoms with Gasteiger partial charge in [0, 0.05) is 13.1 Å². The number of amides is 1. The van der Waals surface area contributed by atoms with E-state index >= 15 is 0 Å². The number of ether oxygens (including phenoxy) is 2. The molecule has 1 aliphatic rings. The first-order valence-corrected chi connectivity index (χ1v) is 7.37. The summed E-state index contributed by atoms with van der Waals surface area (Å²) in [6.45, 7) is 2.61. The number of thiazole rings is 1. The summed E-state index contributed by atoms with van der Waals surface area (Å²) in [6.07, 6.45) is 0.363. The van der Waals surface area contributed by atoms with Gasteiger partial charge in [-0.25, -0.2) is 4.98 Å². The van der Waals surface area contributed by atoms with Gasteiger partial charge in [-0.05, 0) is 18.2 Å². The van der Waals surface area contributed by atoms with Gasteiger partial charge in [0.2, 0.25) is 5.91 Å². The third-order valence-corrected chi connectivity index (χ3v) is 4.32. The molecular formula is C14H16N2O3S. The lowest BCUT2D eigenvalue weighted by Gasteiger charge is -2.26. The molecule has 20 heavy (non-hydrogen) atoms. The minimum Gasteiger partial charge on any atom is -0.497 e. The molecular weight excluding hydrogens is 276 g/mol. The molecule has 0 N–H and O–H groups in total. The Morgan fingerprint density at radius 1 is 1.45 bits per heavy atom. The molecule has 106 valence electrons. The molecule has 0 saturated carbocycles. The lowest BCUT2D eigenvalue weighted by Crippen LogP contribution is -2.41. The number of carbonyl (C=O) groups excluding carboxylic acids is 1. The second-order valence-corrected chi connectivity index (χ2v) is 5.73. The van der Waals surface area contributed by atoms with Crippen LogP contribution in [0, 0.1) is 0 Å². The van der Waals surface area contributed by atoms with E-state index in [-0.39, 0.29) is 5.91 Å². The van der Waals surface area contributed by atoms with Gasteiger partial charge in [-0.15, -0.1) is 11.3 Å². The Morgan fingerprint density at radius 2 is 2.25 bits per heavy atom. The number of nitrogens with zero attached hydrogens (tertiary/aromatic N) is 2. The fraction of sp³-hybridized carbons (Fsp3) is 0.429. The Bertz CT molecular complexity index is 620. The number of hydrogen-bond donors (Lipinski definition) is 0. The van der Waals surface area contributed by atoms with Crippen molar-refractivity contribution >= 4 is 27.5 Å². The van der Waals surface area contributed by atoms with Crippen LogP contribution in [-0.2, 0) is 16.0 Å². The predicted molar refractivity (Wildman–Crippen MR) is 77.3 cm³/mol. The molecule has 0 spiro atoms. The molecule has 0 atom stereocenters. The number of rotatable bonds is 3. The summed E-state index contributed by atoms with van der Waals surface area (Å²) in [6, 6.07) is 5.76.